The average Bonchev–Trinajstić information content (AvgIpc) is 2.78. The van der Waals surface area contributed by atoms with Crippen LogP contribution in [0, 0.1) is 17.5 Å². The fraction of sp³-hybridized carbons (Fsp3) is 0.240. The van der Waals surface area contributed by atoms with Gasteiger partial charge in [-0.05, 0) is 53.1 Å². The van der Waals surface area contributed by atoms with Crippen molar-refractivity contribution in [1.29, 1.82) is 0 Å². The van der Waals surface area contributed by atoms with Gasteiger partial charge in [-0.2, -0.15) is 0 Å². The van der Waals surface area contributed by atoms with Crippen molar-refractivity contribution in [3.63, 3.8) is 0 Å². The van der Waals surface area contributed by atoms with E-state index in [-0.39, 0.29) is 17.7 Å². The lowest BCUT2D eigenvalue weighted by atomic mass is 9.95. The van der Waals surface area contributed by atoms with Gasteiger partial charge in [0.2, 0.25) is 5.91 Å². The molecule has 0 aromatic heterocycles. The number of rotatable bonds is 6. The van der Waals surface area contributed by atoms with Crippen LogP contribution in [0.2, 0.25) is 0 Å². The summed E-state index contributed by atoms with van der Waals surface area (Å²) < 4.78 is 40.8. The molecule has 0 bridgehead atoms. The Morgan fingerprint density at radius 1 is 0.688 bits per heavy atom. The van der Waals surface area contributed by atoms with E-state index in [1.54, 1.807) is 36.4 Å². The van der Waals surface area contributed by atoms with E-state index in [0.29, 0.717) is 31.7 Å². The zero-order chi connectivity index (χ0) is 22.7. The fourth-order valence-electron chi connectivity index (χ4n) is 4.39. The first kappa shape index (κ1) is 22.0. The topological polar surface area (TPSA) is 49.6 Å². The molecule has 2 N–H and O–H groups in total. The largest absolute Gasteiger partial charge is 0.368 e. The molecule has 1 amide bonds. The number of piperazine rings is 1. The second-order valence-corrected chi connectivity index (χ2v) is 7.94. The average molecular weight is 439 g/mol. The Balaban J connectivity index is 1.57. The molecule has 0 saturated carbocycles. The van der Waals surface area contributed by atoms with Gasteiger partial charge in [0.05, 0.1) is 6.04 Å². The SMILES string of the molecule is NC(=O)C(c1cccc(F)c1)N1CCN(C(c2ccc(F)cc2)c2ccc(F)cc2)CC1. The second kappa shape index (κ2) is 9.54. The first-order valence-electron chi connectivity index (χ1n) is 10.5. The Bertz CT molecular complexity index is 1020. The standard InChI is InChI=1S/C25H24F3N3O/c26-20-8-4-17(5-9-20)23(18-6-10-21(27)11-7-18)30-12-14-31(15-13-30)24(25(29)32)19-2-1-3-22(28)16-19/h1-11,16,23-24H,12-15H2,(H2,29,32). The highest BCUT2D eigenvalue weighted by molar-refractivity contribution is 5.81. The number of halogens is 3. The van der Waals surface area contributed by atoms with E-state index in [9.17, 15) is 18.0 Å². The minimum Gasteiger partial charge on any atom is -0.368 e. The second-order valence-electron chi connectivity index (χ2n) is 7.94. The molecule has 0 spiro atoms. The molecule has 0 aliphatic carbocycles. The van der Waals surface area contributed by atoms with Gasteiger partial charge in [0.25, 0.3) is 0 Å². The molecule has 1 aliphatic heterocycles. The first-order chi connectivity index (χ1) is 15.4. The number of primary amides is 1. The van der Waals surface area contributed by atoms with Crippen molar-refractivity contribution >= 4 is 5.91 Å². The lowest BCUT2D eigenvalue weighted by Gasteiger charge is -2.42. The summed E-state index contributed by atoms with van der Waals surface area (Å²) in [7, 11) is 0. The maximum absolute atomic E-state index is 13.7. The Hall–Kier alpha value is -3.16. The molecule has 3 aromatic carbocycles. The number of carbonyl (C=O) groups excluding carboxylic acids is 1. The van der Waals surface area contributed by atoms with Gasteiger partial charge < -0.3 is 5.73 Å². The Kier molecular flexibility index (Phi) is 6.58. The molecule has 0 radical (unpaired) electrons. The lowest BCUT2D eigenvalue weighted by molar-refractivity contribution is -0.124. The molecule has 1 fully saturated rings. The van der Waals surface area contributed by atoms with Crippen LogP contribution in [-0.4, -0.2) is 41.9 Å². The van der Waals surface area contributed by atoms with Crippen molar-refractivity contribution in [2.75, 3.05) is 26.2 Å². The van der Waals surface area contributed by atoms with E-state index in [0.717, 1.165) is 11.1 Å². The van der Waals surface area contributed by atoms with Crippen LogP contribution < -0.4 is 5.73 Å². The summed E-state index contributed by atoms with van der Waals surface area (Å²) in [6.45, 7) is 2.25. The van der Waals surface area contributed by atoms with E-state index < -0.39 is 17.8 Å². The minimum atomic E-state index is -0.719. The van der Waals surface area contributed by atoms with Crippen LogP contribution in [0.3, 0.4) is 0 Å². The molecule has 7 heteroatoms. The van der Waals surface area contributed by atoms with Crippen molar-refractivity contribution in [2.45, 2.75) is 12.1 Å². The van der Waals surface area contributed by atoms with Crippen LogP contribution in [0.1, 0.15) is 28.8 Å². The zero-order valence-electron chi connectivity index (χ0n) is 17.4. The van der Waals surface area contributed by atoms with Crippen molar-refractivity contribution in [3.8, 4) is 0 Å². The van der Waals surface area contributed by atoms with Crippen LogP contribution in [-0.2, 0) is 4.79 Å². The molecule has 166 valence electrons. The van der Waals surface area contributed by atoms with Gasteiger partial charge in [-0.1, -0.05) is 36.4 Å². The zero-order valence-corrected chi connectivity index (χ0v) is 17.4. The predicted octanol–water partition coefficient (Wildman–Crippen LogP) is 4.04. The predicted molar refractivity (Wildman–Crippen MR) is 116 cm³/mol. The van der Waals surface area contributed by atoms with E-state index >= 15 is 0 Å². The normalized spacial score (nSPS) is 16.2. The Labute approximate surface area is 185 Å². The van der Waals surface area contributed by atoms with Crippen molar-refractivity contribution in [1.82, 2.24) is 9.80 Å². The number of amides is 1. The number of benzene rings is 3. The van der Waals surface area contributed by atoms with Crippen LogP contribution in [0.15, 0.2) is 72.8 Å². The molecule has 4 nitrogen and oxygen atoms in total. The van der Waals surface area contributed by atoms with Gasteiger partial charge >= 0.3 is 0 Å². The molecule has 4 rings (SSSR count). The highest BCUT2D eigenvalue weighted by atomic mass is 19.1. The first-order valence-corrected chi connectivity index (χ1v) is 10.5. The van der Waals surface area contributed by atoms with Crippen LogP contribution >= 0.6 is 0 Å². The van der Waals surface area contributed by atoms with Gasteiger partial charge in [-0.15, -0.1) is 0 Å². The molecular formula is C25H24F3N3O. The fourth-order valence-corrected chi connectivity index (χ4v) is 4.39. The third kappa shape index (κ3) is 4.84. The van der Waals surface area contributed by atoms with E-state index in [1.807, 2.05) is 4.90 Å². The number of nitrogens with zero attached hydrogens (tertiary/aromatic N) is 2. The van der Waals surface area contributed by atoms with Crippen LogP contribution in [0.4, 0.5) is 13.2 Å². The monoisotopic (exact) mass is 439 g/mol. The summed E-state index contributed by atoms with van der Waals surface area (Å²) in [4.78, 5) is 16.4. The van der Waals surface area contributed by atoms with Crippen molar-refractivity contribution in [3.05, 3.63) is 107 Å². The van der Waals surface area contributed by atoms with Gasteiger partial charge in [0.15, 0.2) is 0 Å². The smallest absolute Gasteiger partial charge is 0.239 e. The summed E-state index contributed by atoms with van der Waals surface area (Å²) in [6.07, 6.45) is 0. The van der Waals surface area contributed by atoms with Crippen molar-refractivity contribution in [2.24, 2.45) is 5.73 Å². The van der Waals surface area contributed by atoms with Gasteiger partial charge in [0.1, 0.15) is 23.5 Å². The van der Waals surface area contributed by atoms with Crippen molar-refractivity contribution < 1.29 is 18.0 Å². The summed E-state index contributed by atoms with van der Waals surface area (Å²) in [5.41, 5.74) is 7.98. The lowest BCUT2D eigenvalue weighted by Crippen LogP contribution is -2.51. The summed E-state index contributed by atoms with van der Waals surface area (Å²) in [5, 5.41) is 0. The molecule has 1 aliphatic rings. The maximum atomic E-state index is 13.7. The minimum absolute atomic E-state index is 0.195. The Morgan fingerprint density at radius 2 is 1.19 bits per heavy atom. The van der Waals surface area contributed by atoms with E-state index in [4.69, 9.17) is 5.73 Å². The summed E-state index contributed by atoms with van der Waals surface area (Å²) in [5.74, 6) is -1.59. The number of hydrogen-bond donors (Lipinski definition) is 1. The number of carbonyl (C=O) groups is 1. The van der Waals surface area contributed by atoms with Crippen LogP contribution in [0.25, 0.3) is 0 Å². The van der Waals surface area contributed by atoms with Gasteiger partial charge in [-0.3, -0.25) is 14.6 Å². The highest BCUT2D eigenvalue weighted by Gasteiger charge is 2.32. The molecule has 1 saturated heterocycles. The van der Waals surface area contributed by atoms with Gasteiger partial charge in [-0.25, -0.2) is 13.2 Å². The molecule has 32 heavy (non-hydrogen) atoms. The highest BCUT2D eigenvalue weighted by Crippen LogP contribution is 2.31. The third-order valence-corrected chi connectivity index (χ3v) is 5.88. The van der Waals surface area contributed by atoms with E-state index in [2.05, 4.69) is 4.90 Å². The number of nitrogens with two attached hydrogens (primary N) is 1. The molecule has 1 unspecified atom stereocenters. The maximum Gasteiger partial charge on any atom is 0.239 e. The third-order valence-electron chi connectivity index (χ3n) is 5.88. The molecule has 3 aromatic rings. The molecule has 1 heterocycles. The quantitative estimate of drug-likeness (QED) is 0.631. The summed E-state index contributed by atoms with van der Waals surface area (Å²) >= 11 is 0. The van der Waals surface area contributed by atoms with E-state index in [1.165, 1.54) is 36.4 Å². The van der Waals surface area contributed by atoms with Gasteiger partial charge in [0, 0.05) is 26.2 Å². The Morgan fingerprint density at radius 3 is 1.66 bits per heavy atom. The molecule has 1 atom stereocenters. The van der Waals surface area contributed by atoms with Crippen LogP contribution in [0.5, 0.6) is 0 Å². The number of hydrogen-bond acceptors (Lipinski definition) is 3. The molecular weight excluding hydrogens is 415 g/mol. The summed E-state index contributed by atoms with van der Waals surface area (Å²) in [6, 6.07) is 17.6.